The van der Waals surface area contributed by atoms with Crippen LogP contribution in [-0.2, 0) is 6.54 Å². The Morgan fingerprint density at radius 1 is 1.50 bits per heavy atom. The van der Waals surface area contributed by atoms with Crippen LogP contribution < -0.4 is 27.3 Å². The molecule has 0 radical (unpaired) electrons. The first-order chi connectivity index (χ1) is 7.29. The maximum absolute atomic E-state index is 5.61. The summed E-state index contributed by atoms with van der Waals surface area (Å²) in [5, 5.41) is 2.61. The third-order valence-electron chi connectivity index (χ3n) is 2.16. The van der Waals surface area contributed by atoms with Crippen molar-refractivity contribution in [2.75, 3.05) is 5.73 Å². The van der Waals surface area contributed by atoms with Gasteiger partial charge in [-0.05, 0) is 6.07 Å². The van der Waals surface area contributed by atoms with E-state index in [1.165, 1.54) is 11.3 Å². The highest BCUT2D eigenvalue weighted by Gasteiger charge is 2.06. The molecule has 0 atom stereocenters. The van der Waals surface area contributed by atoms with Crippen molar-refractivity contribution >= 4 is 16.5 Å². The van der Waals surface area contributed by atoms with Crippen molar-refractivity contribution in [1.82, 2.24) is 4.98 Å². The Morgan fingerprint density at radius 3 is 2.94 bits per heavy atom. The zero-order valence-corrected chi connectivity index (χ0v) is 11.5. The van der Waals surface area contributed by atoms with Gasteiger partial charge in [-0.25, -0.2) is 9.55 Å². The van der Waals surface area contributed by atoms with Crippen molar-refractivity contribution in [2.45, 2.75) is 19.9 Å². The number of rotatable bonds is 3. The van der Waals surface area contributed by atoms with Gasteiger partial charge in [0, 0.05) is 17.9 Å². The van der Waals surface area contributed by atoms with E-state index in [4.69, 9.17) is 5.73 Å². The molecule has 0 fully saturated rings. The fourth-order valence-corrected chi connectivity index (χ4v) is 2.06. The number of nitrogens with two attached hydrogens (primary N) is 1. The molecule has 0 aliphatic rings. The van der Waals surface area contributed by atoms with Gasteiger partial charge in [-0.1, -0.05) is 6.92 Å². The summed E-state index contributed by atoms with van der Waals surface area (Å²) in [6.07, 6.45) is 5.31. The van der Waals surface area contributed by atoms with Gasteiger partial charge in [-0.2, -0.15) is 0 Å². The molecular formula is C11H14BrN3S. The summed E-state index contributed by atoms with van der Waals surface area (Å²) in [6, 6.07) is 4.10. The monoisotopic (exact) mass is 299 g/mol. The Bertz CT molecular complexity index is 456. The molecule has 16 heavy (non-hydrogen) atoms. The van der Waals surface area contributed by atoms with Crippen LogP contribution in [0.2, 0.25) is 0 Å². The maximum atomic E-state index is 5.61. The Morgan fingerprint density at radius 2 is 2.31 bits per heavy atom. The zero-order valence-electron chi connectivity index (χ0n) is 9.06. The van der Waals surface area contributed by atoms with Gasteiger partial charge in [-0.15, -0.1) is 11.3 Å². The third-order valence-corrected chi connectivity index (χ3v) is 2.83. The van der Waals surface area contributed by atoms with Crippen LogP contribution in [0.3, 0.4) is 0 Å². The Labute approximate surface area is 110 Å². The summed E-state index contributed by atoms with van der Waals surface area (Å²) in [5.74, 6) is 0. The summed E-state index contributed by atoms with van der Waals surface area (Å²) in [5.41, 5.74) is 7.70. The average Bonchev–Trinajstić information content (AvgIpc) is 2.66. The van der Waals surface area contributed by atoms with E-state index in [9.17, 15) is 0 Å². The second-order valence-electron chi connectivity index (χ2n) is 3.40. The molecule has 0 saturated carbocycles. The number of hydrogen-bond acceptors (Lipinski definition) is 3. The van der Waals surface area contributed by atoms with Crippen LogP contribution >= 0.6 is 11.3 Å². The highest BCUT2D eigenvalue weighted by Crippen LogP contribution is 2.21. The number of aryl methyl sites for hydroxylation is 1. The molecule has 0 spiro atoms. The second-order valence-corrected chi connectivity index (χ2v) is 4.29. The summed E-state index contributed by atoms with van der Waals surface area (Å²) in [7, 11) is 0. The van der Waals surface area contributed by atoms with Gasteiger partial charge < -0.3 is 22.7 Å². The van der Waals surface area contributed by atoms with Crippen LogP contribution in [0, 0.1) is 0 Å². The number of nitrogen functional groups attached to an aromatic ring is 1. The van der Waals surface area contributed by atoms with Crippen LogP contribution in [-0.4, -0.2) is 4.98 Å². The molecule has 0 aliphatic heterocycles. The molecule has 2 aromatic rings. The first-order valence-corrected chi connectivity index (χ1v) is 5.88. The topological polar surface area (TPSA) is 42.8 Å². The van der Waals surface area contributed by atoms with E-state index >= 15 is 0 Å². The van der Waals surface area contributed by atoms with Crippen LogP contribution in [0.15, 0.2) is 29.9 Å². The third kappa shape index (κ3) is 3.02. The largest absolute Gasteiger partial charge is 1.00 e. The number of pyridine rings is 1. The number of halogens is 1. The predicted octanol–water partition coefficient (Wildman–Crippen LogP) is -0.906. The van der Waals surface area contributed by atoms with Gasteiger partial charge in [-0.3, -0.25) is 0 Å². The van der Waals surface area contributed by atoms with E-state index in [1.54, 1.807) is 0 Å². The van der Waals surface area contributed by atoms with Gasteiger partial charge in [0.05, 0.1) is 11.3 Å². The SMILES string of the molecule is CCC[n+]1cccc(-c2csc(N)n2)c1.[Br-]. The first kappa shape index (κ1) is 13.1. The molecule has 0 saturated heterocycles. The lowest BCUT2D eigenvalue weighted by molar-refractivity contribution is -0.696. The van der Waals surface area contributed by atoms with Crippen molar-refractivity contribution in [1.29, 1.82) is 0 Å². The molecule has 0 amide bonds. The van der Waals surface area contributed by atoms with Crippen LogP contribution in [0.5, 0.6) is 0 Å². The predicted molar refractivity (Wildman–Crippen MR) is 62.4 cm³/mol. The quantitative estimate of drug-likeness (QED) is 0.746. The summed E-state index contributed by atoms with van der Waals surface area (Å²) in [4.78, 5) is 4.27. The highest BCUT2D eigenvalue weighted by molar-refractivity contribution is 7.13. The standard InChI is InChI=1S/C11H14N3S.BrH/c1-2-5-14-6-3-4-9(7-14)10-8-15-11(12)13-10;/h3-4,6-8H,2,5H2,1H3,(H2,12,13);1H/q+1;/p-1. The number of thiazole rings is 1. The Kier molecular flexibility index (Phi) is 4.89. The minimum atomic E-state index is 0. The lowest BCUT2D eigenvalue weighted by Gasteiger charge is -1.96. The molecule has 0 bridgehead atoms. The number of hydrogen-bond donors (Lipinski definition) is 1. The van der Waals surface area contributed by atoms with Gasteiger partial charge in [0.2, 0.25) is 0 Å². The fraction of sp³-hybridized carbons (Fsp3) is 0.273. The van der Waals surface area contributed by atoms with E-state index in [2.05, 4.69) is 34.9 Å². The van der Waals surface area contributed by atoms with Crippen LogP contribution in [0.25, 0.3) is 11.3 Å². The van der Waals surface area contributed by atoms with E-state index in [1.807, 2.05) is 11.4 Å². The van der Waals surface area contributed by atoms with Crippen molar-refractivity contribution in [3.63, 3.8) is 0 Å². The number of nitrogens with zero attached hydrogens (tertiary/aromatic N) is 2. The molecule has 2 rings (SSSR count). The fourth-order valence-electron chi connectivity index (χ4n) is 1.49. The summed E-state index contributed by atoms with van der Waals surface area (Å²) < 4.78 is 2.17. The van der Waals surface area contributed by atoms with Gasteiger partial charge in [0.1, 0.15) is 6.54 Å². The lowest BCUT2D eigenvalue weighted by atomic mass is 10.2. The summed E-state index contributed by atoms with van der Waals surface area (Å²) >= 11 is 1.48. The Hall–Kier alpha value is -0.940. The Balaban J connectivity index is 0.00000128. The van der Waals surface area contributed by atoms with E-state index < -0.39 is 0 Å². The molecule has 0 unspecified atom stereocenters. The van der Waals surface area contributed by atoms with Gasteiger partial charge >= 0.3 is 0 Å². The first-order valence-electron chi connectivity index (χ1n) is 5.00. The molecule has 3 nitrogen and oxygen atoms in total. The molecule has 0 aliphatic carbocycles. The smallest absolute Gasteiger partial charge is 0.180 e. The minimum Gasteiger partial charge on any atom is -1.00 e. The molecule has 5 heteroatoms. The van der Waals surface area contributed by atoms with Crippen molar-refractivity contribution < 1.29 is 21.5 Å². The molecule has 0 aromatic carbocycles. The molecule has 2 aromatic heterocycles. The van der Waals surface area contributed by atoms with Gasteiger partial charge in [0.15, 0.2) is 17.5 Å². The second kappa shape index (κ2) is 5.96. The normalized spacial score (nSPS) is 9.81. The minimum absolute atomic E-state index is 0. The van der Waals surface area contributed by atoms with Gasteiger partial charge in [0.25, 0.3) is 0 Å². The molecule has 86 valence electrons. The molecule has 2 N–H and O–H groups in total. The highest BCUT2D eigenvalue weighted by atomic mass is 79.9. The van der Waals surface area contributed by atoms with E-state index in [0.29, 0.717) is 5.13 Å². The number of aromatic nitrogens is 2. The van der Waals surface area contributed by atoms with Crippen LogP contribution in [0.1, 0.15) is 13.3 Å². The molecule has 2 heterocycles. The van der Waals surface area contributed by atoms with Crippen molar-refractivity contribution in [3.8, 4) is 11.3 Å². The van der Waals surface area contributed by atoms with E-state index in [0.717, 1.165) is 24.2 Å². The van der Waals surface area contributed by atoms with Crippen molar-refractivity contribution in [2.24, 2.45) is 0 Å². The summed E-state index contributed by atoms with van der Waals surface area (Å²) in [6.45, 7) is 3.20. The zero-order chi connectivity index (χ0) is 10.7. The maximum Gasteiger partial charge on any atom is 0.180 e. The molecular weight excluding hydrogens is 286 g/mol. The lowest BCUT2D eigenvalue weighted by Crippen LogP contribution is -3.00. The average molecular weight is 300 g/mol. The van der Waals surface area contributed by atoms with Crippen LogP contribution in [0.4, 0.5) is 5.13 Å². The van der Waals surface area contributed by atoms with Crippen molar-refractivity contribution in [3.05, 3.63) is 29.9 Å². The van der Waals surface area contributed by atoms with E-state index in [-0.39, 0.29) is 17.0 Å². The number of anilines is 1.